The molecule has 20 heavy (non-hydrogen) atoms. The third kappa shape index (κ3) is 4.16. The van der Waals surface area contributed by atoms with Crippen molar-refractivity contribution in [1.29, 1.82) is 0 Å². The third-order valence-corrected chi connectivity index (χ3v) is 4.70. The molecule has 2 rings (SSSR count). The second-order valence-corrected chi connectivity index (χ2v) is 6.35. The van der Waals surface area contributed by atoms with E-state index < -0.39 is 5.97 Å². The predicted molar refractivity (Wildman–Crippen MR) is 80.7 cm³/mol. The lowest BCUT2D eigenvalue weighted by molar-refractivity contribution is -0.131. The fraction of sp³-hybridized carbons (Fsp3) is 0.533. The minimum Gasteiger partial charge on any atom is -0.478 e. The highest BCUT2D eigenvalue weighted by atomic mass is 32.1. The van der Waals surface area contributed by atoms with Gasteiger partial charge in [0.15, 0.2) is 0 Å². The lowest BCUT2D eigenvalue weighted by atomic mass is 9.91. The van der Waals surface area contributed by atoms with Crippen molar-refractivity contribution in [2.24, 2.45) is 0 Å². The van der Waals surface area contributed by atoms with Crippen LogP contribution >= 0.6 is 11.3 Å². The molecule has 0 aliphatic heterocycles. The highest BCUT2D eigenvalue weighted by Gasteiger charge is 2.26. The Bertz CT molecular complexity index is 483. The van der Waals surface area contributed by atoms with Crippen LogP contribution in [0.3, 0.4) is 0 Å². The van der Waals surface area contributed by atoms with Crippen LogP contribution in [-0.2, 0) is 11.3 Å². The van der Waals surface area contributed by atoms with E-state index >= 15 is 0 Å². The summed E-state index contributed by atoms with van der Waals surface area (Å²) in [6.45, 7) is 0.799. The Labute approximate surface area is 123 Å². The number of hydrogen-bond donors (Lipinski definition) is 2. The molecule has 0 spiro atoms. The van der Waals surface area contributed by atoms with Crippen LogP contribution in [0, 0.1) is 0 Å². The van der Waals surface area contributed by atoms with Crippen molar-refractivity contribution in [3.63, 3.8) is 0 Å². The van der Waals surface area contributed by atoms with Crippen molar-refractivity contribution in [2.45, 2.75) is 44.4 Å². The van der Waals surface area contributed by atoms with E-state index in [4.69, 9.17) is 5.11 Å². The van der Waals surface area contributed by atoms with Crippen molar-refractivity contribution in [2.75, 3.05) is 7.05 Å². The second kappa shape index (κ2) is 7.02. The van der Waals surface area contributed by atoms with Gasteiger partial charge < -0.3 is 10.2 Å². The monoisotopic (exact) mass is 295 g/mol. The van der Waals surface area contributed by atoms with Gasteiger partial charge in [0.25, 0.3) is 0 Å². The molecule has 2 N–H and O–H groups in total. The van der Waals surface area contributed by atoms with Crippen LogP contribution < -0.4 is 0 Å². The fourth-order valence-corrected chi connectivity index (χ4v) is 3.62. The molecular formula is C15H21NO3S. The molecule has 0 saturated heterocycles. The molecule has 1 heterocycles. The summed E-state index contributed by atoms with van der Waals surface area (Å²) in [5.41, 5.74) is 0.921. The summed E-state index contributed by atoms with van der Waals surface area (Å²) in [5, 5.41) is 20.6. The van der Waals surface area contributed by atoms with E-state index in [2.05, 4.69) is 4.90 Å². The molecule has 0 bridgehead atoms. The number of aliphatic hydroxyl groups excluding tert-OH is 1. The first-order valence-electron chi connectivity index (χ1n) is 6.93. The molecule has 0 amide bonds. The average molecular weight is 295 g/mol. The Balaban J connectivity index is 1.94. The van der Waals surface area contributed by atoms with Gasteiger partial charge in [0.05, 0.1) is 6.10 Å². The Morgan fingerprint density at radius 1 is 1.50 bits per heavy atom. The minimum atomic E-state index is -0.930. The summed E-state index contributed by atoms with van der Waals surface area (Å²) in [4.78, 5) is 13.9. The van der Waals surface area contributed by atoms with Gasteiger partial charge in [-0.15, -0.1) is 11.3 Å². The maximum Gasteiger partial charge on any atom is 0.328 e. The van der Waals surface area contributed by atoms with Crippen molar-refractivity contribution in [3.05, 3.63) is 28.0 Å². The molecule has 110 valence electrons. The van der Waals surface area contributed by atoms with Gasteiger partial charge >= 0.3 is 5.97 Å². The molecule has 1 fully saturated rings. The standard InChI is InChI=1S/C15H21NO3S/c1-16(13-4-2-3-5-14(13)17)9-12-8-11(10-20-12)6-7-15(18)19/h6-8,10,13-14,17H,2-5,9H2,1H3,(H,18,19)/b7-6+. The number of hydrogen-bond acceptors (Lipinski definition) is 4. The number of carbonyl (C=O) groups is 1. The number of aliphatic carboxylic acids is 1. The Morgan fingerprint density at radius 3 is 2.95 bits per heavy atom. The largest absolute Gasteiger partial charge is 0.478 e. The number of nitrogens with zero attached hydrogens (tertiary/aromatic N) is 1. The van der Waals surface area contributed by atoms with E-state index in [9.17, 15) is 9.90 Å². The van der Waals surface area contributed by atoms with Crippen LogP contribution in [-0.4, -0.2) is 40.3 Å². The molecule has 1 saturated carbocycles. The molecule has 1 aromatic heterocycles. The van der Waals surface area contributed by atoms with Crippen molar-refractivity contribution < 1.29 is 15.0 Å². The van der Waals surface area contributed by atoms with E-state index in [1.807, 2.05) is 18.5 Å². The number of carboxylic acid groups (broad SMARTS) is 1. The van der Waals surface area contributed by atoms with Gasteiger partial charge in [-0.2, -0.15) is 0 Å². The zero-order valence-corrected chi connectivity index (χ0v) is 12.5. The summed E-state index contributed by atoms with van der Waals surface area (Å²) >= 11 is 1.63. The van der Waals surface area contributed by atoms with Crippen molar-refractivity contribution in [1.82, 2.24) is 4.90 Å². The first kappa shape index (κ1) is 15.2. The highest BCUT2D eigenvalue weighted by molar-refractivity contribution is 7.10. The van der Waals surface area contributed by atoms with Gasteiger partial charge in [-0.25, -0.2) is 4.79 Å². The van der Waals surface area contributed by atoms with Gasteiger partial charge in [-0.1, -0.05) is 12.8 Å². The molecule has 5 heteroatoms. The predicted octanol–water partition coefficient (Wildman–Crippen LogP) is 2.58. The van der Waals surface area contributed by atoms with E-state index in [1.54, 1.807) is 17.4 Å². The Kier molecular flexibility index (Phi) is 5.34. The molecule has 0 aromatic carbocycles. The van der Waals surface area contributed by atoms with E-state index in [1.165, 1.54) is 11.3 Å². The molecule has 0 radical (unpaired) electrons. The SMILES string of the molecule is CN(Cc1cc(/C=C/C(=O)O)cs1)C1CCCCC1O. The van der Waals surface area contributed by atoms with Crippen molar-refractivity contribution in [3.8, 4) is 0 Å². The second-order valence-electron chi connectivity index (χ2n) is 5.35. The normalized spacial score (nSPS) is 23.6. The summed E-state index contributed by atoms with van der Waals surface area (Å²) in [7, 11) is 2.05. The van der Waals surface area contributed by atoms with Gasteiger partial charge in [0.2, 0.25) is 0 Å². The molecule has 1 aromatic rings. The lowest BCUT2D eigenvalue weighted by Crippen LogP contribution is -2.42. The highest BCUT2D eigenvalue weighted by Crippen LogP contribution is 2.25. The number of aliphatic hydroxyl groups is 1. The van der Waals surface area contributed by atoms with E-state index in [0.29, 0.717) is 0 Å². The van der Waals surface area contributed by atoms with Crippen molar-refractivity contribution >= 4 is 23.4 Å². The Hall–Kier alpha value is -1.17. The van der Waals surface area contributed by atoms with Gasteiger partial charge in [0, 0.05) is 23.5 Å². The van der Waals surface area contributed by atoms with E-state index in [-0.39, 0.29) is 12.1 Å². The molecule has 2 unspecified atom stereocenters. The topological polar surface area (TPSA) is 60.8 Å². The number of likely N-dealkylation sites (N-methyl/N-ethyl adjacent to an activating group) is 1. The van der Waals surface area contributed by atoms with Crippen LogP contribution in [0.1, 0.15) is 36.1 Å². The summed E-state index contributed by atoms with van der Waals surface area (Å²) in [5.74, 6) is -0.930. The number of rotatable bonds is 5. The number of thiophene rings is 1. The smallest absolute Gasteiger partial charge is 0.328 e. The quantitative estimate of drug-likeness (QED) is 0.820. The Morgan fingerprint density at radius 2 is 2.25 bits per heavy atom. The van der Waals surface area contributed by atoms with Gasteiger partial charge in [0.1, 0.15) is 0 Å². The molecular weight excluding hydrogens is 274 g/mol. The van der Waals surface area contributed by atoms with Crippen LogP contribution in [0.15, 0.2) is 17.5 Å². The maximum absolute atomic E-state index is 10.5. The number of carboxylic acids is 1. The first-order chi connectivity index (χ1) is 9.56. The summed E-state index contributed by atoms with van der Waals surface area (Å²) < 4.78 is 0. The first-order valence-corrected chi connectivity index (χ1v) is 7.81. The zero-order chi connectivity index (χ0) is 14.5. The van der Waals surface area contributed by atoms with Gasteiger partial charge in [-0.3, -0.25) is 4.90 Å². The zero-order valence-electron chi connectivity index (χ0n) is 11.7. The lowest BCUT2D eigenvalue weighted by Gasteiger charge is -2.34. The summed E-state index contributed by atoms with van der Waals surface area (Å²) in [6, 6.07) is 2.25. The van der Waals surface area contributed by atoms with Crippen LogP contribution in [0.2, 0.25) is 0 Å². The van der Waals surface area contributed by atoms with Crippen LogP contribution in [0.5, 0.6) is 0 Å². The van der Waals surface area contributed by atoms with Gasteiger partial charge in [-0.05, 0) is 43.0 Å². The molecule has 1 aliphatic rings. The molecule has 1 aliphatic carbocycles. The average Bonchev–Trinajstić information content (AvgIpc) is 2.84. The van der Waals surface area contributed by atoms with Crippen LogP contribution in [0.4, 0.5) is 0 Å². The van der Waals surface area contributed by atoms with E-state index in [0.717, 1.165) is 37.4 Å². The fourth-order valence-electron chi connectivity index (χ4n) is 2.70. The summed E-state index contributed by atoms with van der Waals surface area (Å²) in [6.07, 6.45) is 6.79. The van der Waals surface area contributed by atoms with Crippen LogP contribution in [0.25, 0.3) is 6.08 Å². The third-order valence-electron chi connectivity index (χ3n) is 3.76. The minimum absolute atomic E-state index is 0.222. The molecule has 4 nitrogen and oxygen atoms in total. The molecule has 2 atom stereocenters. The maximum atomic E-state index is 10.5.